The molecule has 2 heterocycles. The quantitative estimate of drug-likeness (QED) is 0.774. The van der Waals surface area contributed by atoms with Crippen LogP contribution < -0.4 is 5.32 Å². The van der Waals surface area contributed by atoms with Gasteiger partial charge in [-0.25, -0.2) is 0 Å². The predicted molar refractivity (Wildman–Crippen MR) is 99.1 cm³/mol. The Kier molecular flexibility index (Phi) is 5.67. The highest BCUT2D eigenvalue weighted by Gasteiger charge is 2.17. The summed E-state index contributed by atoms with van der Waals surface area (Å²) in [4.78, 5) is 28.9. The third-order valence-electron chi connectivity index (χ3n) is 4.22. The van der Waals surface area contributed by atoms with Crippen LogP contribution in [-0.2, 0) is 0 Å². The lowest BCUT2D eigenvalue weighted by molar-refractivity contribution is 0.0876. The number of hydrogen-bond donors (Lipinski definition) is 1. The highest BCUT2D eigenvalue weighted by Crippen LogP contribution is 2.17. The zero-order chi connectivity index (χ0) is 17.8. The second kappa shape index (κ2) is 7.95. The van der Waals surface area contributed by atoms with Gasteiger partial charge in [0.05, 0.1) is 6.54 Å². The lowest BCUT2D eigenvalue weighted by Gasteiger charge is -2.31. The normalized spacial score (nSPS) is 15.9. The number of furan rings is 1. The van der Waals surface area contributed by atoms with Crippen LogP contribution in [0.4, 0.5) is 5.69 Å². The van der Waals surface area contributed by atoms with Gasteiger partial charge in [-0.2, -0.15) is 0 Å². The average molecular weight is 406 g/mol. The summed E-state index contributed by atoms with van der Waals surface area (Å²) in [5.41, 5.74) is 1.27. The van der Waals surface area contributed by atoms with Crippen LogP contribution in [0.25, 0.3) is 0 Å². The molecule has 1 aromatic carbocycles. The van der Waals surface area contributed by atoms with Crippen molar-refractivity contribution in [1.82, 2.24) is 9.80 Å². The van der Waals surface area contributed by atoms with E-state index in [0.29, 0.717) is 22.5 Å². The van der Waals surface area contributed by atoms with E-state index in [4.69, 9.17) is 4.42 Å². The van der Waals surface area contributed by atoms with E-state index in [-0.39, 0.29) is 17.5 Å². The second-order valence-corrected chi connectivity index (χ2v) is 6.92. The number of likely N-dealkylation sites (N-methyl/N-ethyl adjacent to an activating group) is 1. The van der Waals surface area contributed by atoms with Crippen molar-refractivity contribution in [1.29, 1.82) is 0 Å². The lowest BCUT2D eigenvalue weighted by atomic mass is 10.1. The maximum atomic E-state index is 12.4. The lowest BCUT2D eigenvalue weighted by Crippen LogP contribution is -2.46. The first kappa shape index (κ1) is 17.8. The highest BCUT2D eigenvalue weighted by molar-refractivity contribution is 9.10. The first-order chi connectivity index (χ1) is 12.0. The van der Waals surface area contributed by atoms with Gasteiger partial charge < -0.3 is 14.6 Å². The van der Waals surface area contributed by atoms with Gasteiger partial charge in [0, 0.05) is 37.4 Å². The van der Waals surface area contributed by atoms with Gasteiger partial charge >= 0.3 is 0 Å². The largest absolute Gasteiger partial charge is 0.444 e. The SMILES string of the molecule is CN1CCN(CC(=O)c2ccc(NC(=O)c3ccc(Br)o3)cc2)CC1. The molecule has 0 atom stereocenters. The Morgan fingerprint density at radius 3 is 2.36 bits per heavy atom. The van der Waals surface area contributed by atoms with Gasteiger partial charge in [-0.1, -0.05) is 0 Å². The van der Waals surface area contributed by atoms with Crippen LogP contribution >= 0.6 is 15.9 Å². The first-order valence-corrected chi connectivity index (χ1v) is 8.91. The van der Waals surface area contributed by atoms with E-state index in [1.165, 1.54) is 0 Å². The summed E-state index contributed by atoms with van der Waals surface area (Å²) >= 11 is 3.16. The van der Waals surface area contributed by atoms with Crippen LogP contribution in [0.5, 0.6) is 0 Å². The molecule has 3 rings (SSSR count). The summed E-state index contributed by atoms with van der Waals surface area (Å²) in [5, 5.41) is 2.74. The van der Waals surface area contributed by atoms with E-state index in [1.54, 1.807) is 36.4 Å². The van der Waals surface area contributed by atoms with Gasteiger partial charge in [-0.05, 0) is 59.4 Å². The summed E-state index contributed by atoms with van der Waals surface area (Å²) < 4.78 is 5.72. The number of Topliss-reactive ketones (excluding diaryl/α,β-unsaturated/α-hetero) is 1. The van der Waals surface area contributed by atoms with Crippen molar-refractivity contribution < 1.29 is 14.0 Å². The smallest absolute Gasteiger partial charge is 0.291 e. The molecular formula is C18H20BrN3O3. The number of carbonyl (C=O) groups is 2. The fourth-order valence-electron chi connectivity index (χ4n) is 2.67. The van der Waals surface area contributed by atoms with Gasteiger partial charge in [0.2, 0.25) is 0 Å². The maximum Gasteiger partial charge on any atom is 0.291 e. The van der Waals surface area contributed by atoms with E-state index in [0.717, 1.165) is 26.2 Å². The number of hydrogen-bond acceptors (Lipinski definition) is 5. The van der Waals surface area contributed by atoms with Gasteiger partial charge in [-0.15, -0.1) is 0 Å². The van der Waals surface area contributed by atoms with Crippen LogP contribution in [0.1, 0.15) is 20.9 Å². The van der Waals surface area contributed by atoms with E-state index in [9.17, 15) is 9.59 Å². The molecule has 2 aromatic rings. The zero-order valence-electron chi connectivity index (χ0n) is 14.0. The Morgan fingerprint density at radius 1 is 1.08 bits per heavy atom. The number of halogens is 1. The molecule has 1 N–H and O–H groups in total. The fourth-order valence-corrected chi connectivity index (χ4v) is 2.98. The van der Waals surface area contributed by atoms with E-state index in [1.807, 2.05) is 0 Å². The number of carbonyl (C=O) groups excluding carboxylic acids is 2. The van der Waals surface area contributed by atoms with Crippen molar-refractivity contribution in [2.24, 2.45) is 0 Å². The van der Waals surface area contributed by atoms with E-state index in [2.05, 4.69) is 38.1 Å². The number of nitrogens with zero attached hydrogens (tertiary/aromatic N) is 2. The number of anilines is 1. The molecule has 25 heavy (non-hydrogen) atoms. The number of nitrogens with one attached hydrogen (secondary N) is 1. The summed E-state index contributed by atoms with van der Waals surface area (Å²) in [7, 11) is 2.09. The average Bonchev–Trinajstić information content (AvgIpc) is 3.04. The van der Waals surface area contributed by atoms with E-state index < -0.39 is 0 Å². The minimum Gasteiger partial charge on any atom is -0.444 e. The monoisotopic (exact) mass is 405 g/mol. The summed E-state index contributed by atoms with van der Waals surface area (Å²) in [6.45, 7) is 4.23. The van der Waals surface area contributed by atoms with Gasteiger partial charge in [-0.3, -0.25) is 14.5 Å². The molecule has 1 aliphatic rings. The summed E-state index contributed by atoms with van der Waals surface area (Å²) in [6.07, 6.45) is 0. The molecule has 132 valence electrons. The maximum absolute atomic E-state index is 12.4. The predicted octanol–water partition coefficient (Wildman–Crippen LogP) is 2.72. The molecule has 0 bridgehead atoms. The van der Waals surface area contributed by atoms with Gasteiger partial charge in [0.1, 0.15) is 0 Å². The Morgan fingerprint density at radius 2 is 1.76 bits per heavy atom. The number of benzene rings is 1. The third-order valence-corrected chi connectivity index (χ3v) is 4.65. The summed E-state index contributed by atoms with van der Waals surface area (Å²) in [5.74, 6) is -0.0123. The van der Waals surface area contributed by atoms with Gasteiger partial charge in [0.15, 0.2) is 16.2 Å². The molecule has 1 amide bonds. The van der Waals surface area contributed by atoms with Crippen molar-refractivity contribution in [3.8, 4) is 0 Å². The number of amides is 1. The molecule has 6 nitrogen and oxygen atoms in total. The van der Waals surface area contributed by atoms with Crippen LogP contribution in [0.2, 0.25) is 0 Å². The van der Waals surface area contributed by atoms with Crippen LogP contribution in [0.3, 0.4) is 0 Å². The molecule has 0 spiro atoms. The van der Waals surface area contributed by atoms with Crippen molar-refractivity contribution in [3.63, 3.8) is 0 Å². The number of piperazine rings is 1. The third kappa shape index (κ3) is 4.78. The number of ketones is 1. The second-order valence-electron chi connectivity index (χ2n) is 6.14. The van der Waals surface area contributed by atoms with Gasteiger partial charge in [0.25, 0.3) is 5.91 Å². The fraction of sp³-hybridized carbons (Fsp3) is 0.333. The number of rotatable bonds is 5. The van der Waals surface area contributed by atoms with Crippen molar-refractivity contribution in [2.75, 3.05) is 45.1 Å². The van der Waals surface area contributed by atoms with Crippen molar-refractivity contribution >= 4 is 33.3 Å². The first-order valence-electron chi connectivity index (χ1n) is 8.12. The standard InChI is InChI=1S/C18H20BrN3O3/c1-21-8-10-22(11-9-21)12-15(23)13-2-4-14(5-3-13)20-18(24)16-6-7-17(19)25-16/h2-7H,8-12H2,1H3,(H,20,24). The molecule has 0 unspecified atom stereocenters. The van der Waals surface area contributed by atoms with Crippen LogP contribution in [-0.4, -0.2) is 61.3 Å². The molecule has 1 aromatic heterocycles. The van der Waals surface area contributed by atoms with Crippen molar-refractivity contribution in [2.45, 2.75) is 0 Å². The van der Waals surface area contributed by atoms with Crippen LogP contribution in [0.15, 0.2) is 45.5 Å². The Balaban J connectivity index is 1.56. The summed E-state index contributed by atoms with van der Waals surface area (Å²) in [6, 6.07) is 10.2. The van der Waals surface area contributed by atoms with E-state index >= 15 is 0 Å². The van der Waals surface area contributed by atoms with Crippen LogP contribution in [0, 0.1) is 0 Å². The Bertz CT molecular complexity index is 749. The molecule has 7 heteroatoms. The minimum absolute atomic E-state index is 0.0948. The Labute approximate surface area is 154 Å². The molecule has 0 saturated carbocycles. The zero-order valence-corrected chi connectivity index (χ0v) is 15.6. The van der Waals surface area contributed by atoms with Crippen molar-refractivity contribution in [3.05, 3.63) is 52.4 Å². The highest BCUT2D eigenvalue weighted by atomic mass is 79.9. The molecule has 1 saturated heterocycles. The minimum atomic E-state index is -0.331. The topological polar surface area (TPSA) is 65.8 Å². The molecular weight excluding hydrogens is 386 g/mol. The molecule has 1 fully saturated rings. The Hall–Kier alpha value is -1.96. The molecule has 1 aliphatic heterocycles. The molecule has 0 aliphatic carbocycles. The molecule has 0 radical (unpaired) electrons.